The molecule has 162 valence electrons. The Morgan fingerprint density at radius 2 is 2.00 bits per heavy atom. The van der Waals surface area contributed by atoms with Gasteiger partial charge in [0.1, 0.15) is 17.8 Å². The van der Waals surface area contributed by atoms with Crippen molar-refractivity contribution in [2.75, 3.05) is 20.3 Å². The molecule has 2 aromatic heterocycles. The van der Waals surface area contributed by atoms with Crippen LogP contribution in [-0.2, 0) is 24.9 Å². The molecule has 0 bridgehead atoms. The zero-order valence-electron chi connectivity index (χ0n) is 17.5. The van der Waals surface area contributed by atoms with Crippen LogP contribution in [-0.4, -0.2) is 46.0 Å². The lowest BCUT2D eigenvalue weighted by Crippen LogP contribution is -2.38. The largest absolute Gasteiger partial charge is 0.444 e. The van der Waals surface area contributed by atoms with Gasteiger partial charge in [-0.25, -0.2) is 9.98 Å². The van der Waals surface area contributed by atoms with E-state index in [4.69, 9.17) is 9.15 Å². The second-order valence-electron chi connectivity index (χ2n) is 6.52. The molecule has 0 unspecified atom stereocenters. The van der Waals surface area contributed by atoms with Crippen molar-refractivity contribution in [2.24, 2.45) is 12.0 Å². The lowest BCUT2D eigenvalue weighted by molar-refractivity contribution is 0.195. The molecule has 1 aromatic carbocycles. The summed E-state index contributed by atoms with van der Waals surface area (Å²) in [7, 11) is 3.63. The van der Waals surface area contributed by atoms with E-state index in [0.29, 0.717) is 31.5 Å². The number of methoxy groups -OCH3 is 1. The predicted molar refractivity (Wildman–Crippen MR) is 126 cm³/mol. The molecule has 2 heterocycles. The average molecular weight is 525 g/mol. The summed E-state index contributed by atoms with van der Waals surface area (Å²) in [4.78, 5) is 9.15. The molecule has 0 amide bonds. The zero-order chi connectivity index (χ0) is 20.5. The van der Waals surface area contributed by atoms with Gasteiger partial charge in [-0.2, -0.15) is 0 Å². The fourth-order valence-electron chi connectivity index (χ4n) is 2.62. The van der Waals surface area contributed by atoms with Crippen molar-refractivity contribution in [3.63, 3.8) is 0 Å². The van der Waals surface area contributed by atoms with Crippen LogP contribution in [0, 0.1) is 6.92 Å². The third-order valence-corrected chi connectivity index (χ3v) is 4.39. The van der Waals surface area contributed by atoms with Crippen LogP contribution in [0.1, 0.15) is 23.8 Å². The van der Waals surface area contributed by atoms with Gasteiger partial charge in [-0.1, -0.05) is 18.2 Å². The first kappa shape index (κ1) is 23.8. The zero-order valence-corrected chi connectivity index (χ0v) is 19.8. The molecule has 0 fully saturated rings. The van der Waals surface area contributed by atoms with Gasteiger partial charge in [-0.3, -0.25) is 0 Å². The minimum atomic E-state index is 0. The average Bonchev–Trinajstić information content (AvgIpc) is 3.35. The lowest BCUT2D eigenvalue weighted by atomic mass is 10.2. The van der Waals surface area contributed by atoms with E-state index in [1.807, 2.05) is 48.9 Å². The maximum atomic E-state index is 5.58. The Morgan fingerprint density at radius 3 is 2.70 bits per heavy atom. The van der Waals surface area contributed by atoms with E-state index in [1.54, 1.807) is 13.4 Å². The summed E-state index contributed by atoms with van der Waals surface area (Å²) >= 11 is 0. The molecular weight excluding hydrogens is 497 g/mol. The maximum absolute atomic E-state index is 5.58. The van der Waals surface area contributed by atoms with Gasteiger partial charge in [-0.05, 0) is 25.5 Å². The van der Waals surface area contributed by atoms with Gasteiger partial charge < -0.3 is 24.4 Å². The fraction of sp³-hybridized carbons (Fsp3) is 0.400. The minimum absolute atomic E-state index is 0. The number of guanidine groups is 1. The van der Waals surface area contributed by atoms with Crippen LogP contribution in [0.15, 0.2) is 46.0 Å². The second kappa shape index (κ2) is 12.3. The van der Waals surface area contributed by atoms with Crippen LogP contribution in [0.25, 0.3) is 11.5 Å². The molecule has 0 spiro atoms. The Kier molecular flexibility index (Phi) is 9.74. The normalized spacial score (nSPS) is 11.2. The minimum Gasteiger partial charge on any atom is -0.444 e. The summed E-state index contributed by atoms with van der Waals surface area (Å²) in [5, 5.41) is 14.8. The molecule has 0 aliphatic rings. The Bertz CT molecular complexity index is 924. The third kappa shape index (κ3) is 6.80. The van der Waals surface area contributed by atoms with Gasteiger partial charge in [0.25, 0.3) is 0 Å². The Labute approximate surface area is 193 Å². The first-order valence-electron chi connectivity index (χ1n) is 9.53. The SMILES string of the molecule is COCCCNC(=NCc1coc(-c2ccccc2)n1)NCc1nnc(C)n1C.I. The van der Waals surface area contributed by atoms with Crippen LogP contribution < -0.4 is 10.6 Å². The Hall–Kier alpha value is -2.47. The van der Waals surface area contributed by atoms with E-state index in [2.05, 4.69) is 30.8 Å². The number of benzene rings is 1. The molecule has 9 nitrogen and oxygen atoms in total. The fourth-order valence-corrected chi connectivity index (χ4v) is 2.62. The van der Waals surface area contributed by atoms with Gasteiger partial charge >= 0.3 is 0 Å². The van der Waals surface area contributed by atoms with Crippen LogP contribution in [0.4, 0.5) is 0 Å². The molecule has 0 atom stereocenters. The highest BCUT2D eigenvalue weighted by Crippen LogP contribution is 2.18. The number of hydrogen-bond acceptors (Lipinski definition) is 6. The summed E-state index contributed by atoms with van der Waals surface area (Å²) in [6.45, 7) is 4.26. The maximum Gasteiger partial charge on any atom is 0.226 e. The number of halogens is 1. The molecule has 0 radical (unpaired) electrons. The molecule has 3 rings (SSSR count). The number of rotatable bonds is 9. The van der Waals surface area contributed by atoms with Crippen LogP contribution in [0.3, 0.4) is 0 Å². The van der Waals surface area contributed by atoms with Crippen molar-refractivity contribution < 1.29 is 9.15 Å². The van der Waals surface area contributed by atoms with Crippen LogP contribution in [0.5, 0.6) is 0 Å². The highest BCUT2D eigenvalue weighted by atomic mass is 127. The van der Waals surface area contributed by atoms with Gasteiger partial charge in [0, 0.05) is 32.9 Å². The first-order valence-corrected chi connectivity index (χ1v) is 9.53. The van der Waals surface area contributed by atoms with Crippen molar-refractivity contribution in [1.29, 1.82) is 0 Å². The standard InChI is InChI=1S/C20H27N7O2.HI/c1-15-25-26-18(27(15)2)13-23-20(21-10-7-11-28-3)22-12-17-14-29-19(24-17)16-8-5-4-6-9-16;/h4-6,8-9,14H,7,10-13H2,1-3H3,(H2,21,22,23);1H. The summed E-state index contributed by atoms with van der Waals surface area (Å²) in [6, 6.07) is 9.80. The highest BCUT2D eigenvalue weighted by molar-refractivity contribution is 14.0. The van der Waals surface area contributed by atoms with Crippen molar-refractivity contribution in [3.8, 4) is 11.5 Å². The van der Waals surface area contributed by atoms with Gasteiger partial charge in [0.15, 0.2) is 11.8 Å². The molecule has 0 aliphatic heterocycles. The molecule has 2 N–H and O–H groups in total. The Morgan fingerprint density at radius 1 is 1.20 bits per heavy atom. The third-order valence-electron chi connectivity index (χ3n) is 4.39. The van der Waals surface area contributed by atoms with E-state index < -0.39 is 0 Å². The van der Waals surface area contributed by atoms with Crippen LogP contribution >= 0.6 is 24.0 Å². The molecule has 0 aliphatic carbocycles. The number of aliphatic imine (C=N–C) groups is 1. The van der Waals surface area contributed by atoms with Gasteiger partial charge in [-0.15, -0.1) is 34.2 Å². The molecule has 10 heteroatoms. The molecule has 0 saturated carbocycles. The summed E-state index contributed by atoms with van der Waals surface area (Å²) in [5.74, 6) is 2.96. The summed E-state index contributed by atoms with van der Waals surface area (Å²) < 4.78 is 12.6. The summed E-state index contributed by atoms with van der Waals surface area (Å²) in [5.41, 5.74) is 1.70. The van der Waals surface area contributed by atoms with Crippen molar-refractivity contribution >= 4 is 29.9 Å². The molecule has 3 aromatic rings. The smallest absolute Gasteiger partial charge is 0.226 e. The number of hydrogen-bond donors (Lipinski definition) is 2. The van der Waals surface area contributed by atoms with Crippen molar-refractivity contribution in [1.82, 2.24) is 30.4 Å². The highest BCUT2D eigenvalue weighted by Gasteiger charge is 2.08. The monoisotopic (exact) mass is 525 g/mol. The molecule has 0 saturated heterocycles. The second-order valence-corrected chi connectivity index (χ2v) is 6.52. The van der Waals surface area contributed by atoms with E-state index >= 15 is 0 Å². The number of ether oxygens (including phenoxy) is 1. The Balaban J connectivity index is 0.00000320. The number of oxazole rings is 1. The van der Waals surface area contributed by atoms with Crippen molar-refractivity contribution in [3.05, 3.63) is 53.9 Å². The van der Waals surface area contributed by atoms with E-state index in [1.165, 1.54) is 0 Å². The molecular formula is C20H28IN7O2. The topological polar surface area (TPSA) is 102 Å². The van der Waals surface area contributed by atoms with E-state index in [0.717, 1.165) is 35.9 Å². The molecule has 30 heavy (non-hydrogen) atoms. The van der Waals surface area contributed by atoms with Gasteiger partial charge in [0.05, 0.1) is 13.1 Å². The predicted octanol–water partition coefficient (Wildman–Crippen LogP) is 2.67. The van der Waals surface area contributed by atoms with E-state index in [9.17, 15) is 0 Å². The van der Waals surface area contributed by atoms with Crippen LogP contribution in [0.2, 0.25) is 0 Å². The number of aryl methyl sites for hydroxylation is 1. The lowest BCUT2D eigenvalue weighted by Gasteiger charge is -2.12. The quantitative estimate of drug-likeness (QED) is 0.192. The van der Waals surface area contributed by atoms with E-state index in [-0.39, 0.29) is 24.0 Å². The summed E-state index contributed by atoms with van der Waals surface area (Å²) in [6.07, 6.45) is 2.52. The number of nitrogens with zero attached hydrogens (tertiary/aromatic N) is 5. The van der Waals surface area contributed by atoms with Crippen molar-refractivity contribution in [2.45, 2.75) is 26.4 Å². The number of nitrogens with one attached hydrogen (secondary N) is 2. The number of aromatic nitrogens is 4. The van der Waals surface area contributed by atoms with Gasteiger partial charge in [0.2, 0.25) is 5.89 Å². The first-order chi connectivity index (χ1) is 14.2.